The number of nitrogens with two attached hydrogens (primary N) is 1. The van der Waals surface area contributed by atoms with Crippen LogP contribution in [0.5, 0.6) is 5.75 Å². The molecule has 112 valence electrons. The summed E-state index contributed by atoms with van der Waals surface area (Å²) in [7, 11) is 3.33. The Hall–Kier alpha value is -2.50. The smallest absolute Gasteiger partial charge is 0.276 e. The first kappa shape index (κ1) is 14.9. The van der Waals surface area contributed by atoms with Crippen LogP contribution in [0.2, 0.25) is 0 Å². The van der Waals surface area contributed by atoms with E-state index in [0.29, 0.717) is 23.5 Å². The van der Waals surface area contributed by atoms with Gasteiger partial charge in [0.05, 0.1) is 18.5 Å². The zero-order valence-corrected chi connectivity index (χ0v) is 12.7. The van der Waals surface area contributed by atoms with E-state index in [4.69, 9.17) is 10.5 Å². The molecule has 3 N–H and O–H groups in total. The van der Waals surface area contributed by atoms with Crippen LogP contribution in [0.1, 0.15) is 28.7 Å². The summed E-state index contributed by atoms with van der Waals surface area (Å²) in [6.07, 6.45) is 0.689. The van der Waals surface area contributed by atoms with Gasteiger partial charge in [0.1, 0.15) is 11.4 Å². The molecule has 1 amide bonds. The van der Waals surface area contributed by atoms with E-state index in [1.807, 2.05) is 26.0 Å². The summed E-state index contributed by atoms with van der Waals surface area (Å²) < 4.78 is 6.71. The molecule has 0 bridgehead atoms. The summed E-state index contributed by atoms with van der Waals surface area (Å²) in [4.78, 5) is 12.4. The lowest BCUT2D eigenvalue weighted by atomic mass is 10.2. The van der Waals surface area contributed by atoms with E-state index in [9.17, 15) is 4.79 Å². The fourth-order valence-corrected chi connectivity index (χ4v) is 2.27. The number of benzene rings is 1. The van der Waals surface area contributed by atoms with Gasteiger partial charge in [-0.15, -0.1) is 0 Å². The molecular weight excluding hydrogens is 268 g/mol. The lowest BCUT2D eigenvalue weighted by Gasteiger charge is -2.09. The summed E-state index contributed by atoms with van der Waals surface area (Å²) >= 11 is 0. The molecule has 0 fully saturated rings. The van der Waals surface area contributed by atoms with E-state index in [-0.39, 0.29) is 5.91 Å². The maximum absolute atomic E-state index is 12.4. The van der Waals surface area contributed by atoms with Crippen LogP contribution in [0.25, 0.3) is 0 Å². The van der Waals surface area contributed by atoms with Crippen LogP contribution in [-0.2, 0) is 13.5 Å². The highest BCUT2D eigenvalue weighted by Crippen LogP contribution is 2.23. The minimum Gasteiger partial charge on any atom is -0.496 e. The van der Waals surface area contributed by atoms with Crippen molar-refractivity contribution in [3.05, 3.63) is 35.2 Å². The number of nitrogen functional groups attached to an aromatic ring is 1. The predicted molar refractivity (Wildman–Crippen MR) is 82.7 cm³/mol. The van der Waals surface area contributed by atoms with E-state index in [1.54, 1.807) is 20.2 Å². The molecule has 0 saturated carbocycles. The van der Waals surface area contributed by atoms with Crippen LogP contribution in [0, 0.1) is 6.92 Å². The number of rotatable bonds is 4. The number of nitrogens with one attached hydrogen (secondary N) is 1. The minimum atomic E-state index is -0.272. The topological polar surface area (TPSA) is 82.2 Å². The van der Waals surface area contributed by atoms with Gasteiger partial charge in [0.2, 0.25) is 0 Å². The Bertz CT molecular complexity index is 677. The molecule has 0 aliphatic carbocycles. The number of aryl methyl sites for hydroxylation is 3. The largest absolute Gasteiger partial charge is 0.496 e. The number of hydrogen-bond acceptors (Lipinski definition) is 4. The SMILES string of the molecule is CCc1nn(C)c(C(=O)Nc2ccc(OC)c(C)c2)c1N. The summed E-state index contributed by atoms with van der Waals surface area (Å²) in [6, 6.07) is 5.45. The number of hydrogen-bond donors (Lipinski definition) is 2. The normalized spacial score (nSPS) is 10.5. The molecule has 0 atom stereocenters. The van der Waals surface area contributed by atoms with Gasteiger partial charge < -0.3 is 15.8 Å². The minimum absolute atomic E-state index is 0.272. The fraction of sp³-hybridized carbons (Fsp3) is 0.333. The molecule has 0 radical (unpaired) electrons. The lowest BCUT2D eigenvalue weighted by Crippen LogP contribution is -2.17. The molecule has 1 aromatic carbocycles. The van der Waals surface area contributed by atoms with Gasteiger partial charge in [0, 0.05) is 12.7 Å². The molecule has 1 heterocycles. The van der Waals surface area contributed by atoms with Gasteiger partial charge in [-0.05, 0) is 37.1 Å². The average molecular weight is 288 g/mol. The number of carbonyl (C=O) groups excluding carboxylic acids is 1. The van der Waals surface area contributed by atoms with Crippen LogP contribution in [0.3, 0.4) is 0 Å². The third kappa shape index (κ3) is 2.84. The quantitative estimate of drug-likeness (QED) is 0.903. The van der Waals surface area contributed by atoms with Crippen molar-refractivity contribution >= 4 is 17.3 Å². The van der Waals surface area contributed by atoms with E-state index in [2.05, 4.69) is 10.4 Å². The Morgan fingerprint density at radius 2 is 2.19 bits per heavy atom. The molecule has 6 heteroatoms. The number of carbonyl (C=O) groups is 1. The second-order valence-electron chi connectivity index (χ2n) is 4.82. The molecule has 2 aromatic rings. The van der Waals surface area contributed by atoms with Crippen molar-refractivity contribution in [1.29, 1.82) is 0 Å². The van der Waals surface area contributed by atoms with Crippen molar-refractivity contribution in [3.63, 3.8) is 0 Å². The summed E-state index contributed by atoms with van der Waals surface area (Å²) in [5.74, 6) is 0.507. The van der Waals surface area contributed by atoms with Crippen molar-refractivity contribution in [3.8, 4) is 5.75 Å². The molecule has 0 unspecified atom stereocenters. The first-order chi connectivity index (χ1) is 9.97. The summed E-state index contributed by atoms with van der Waals surface area (Å²) in [5.41, 5.74) is 9.16. The van der Waals surface area contributed by atoms with E-state index < -0.39 is 0 Å². The number of aromatic nitrogens is 2. The highest BCUT2D eigenvalue weighted by molar-refractivity contribution is 6.06. The van der Waals surface area contributed by atoms with E-state index in [1.165, 1.54) is 4.68 Å². The van der Waals surface area contributed by atoms with Crippen LogP contribution >= 0.6 is 0 Å². The zero-order valence-electron chi connectivity index (χ0n) is 12.7. The molecule has 21 heavy (non-hydrogen) atoms. The maximum Gasteiger partial charge on any atom is 0.276 e. The molecule has 0 aliphatic rings. The summed E-state index contributed by atoms with van der Waals surface area (Å²) in [5, 5.41) is 7.08. The Morgan fingerprint density at radius 3 is 2.71 bits per heavy atom. The molecular formula is C15H20N4O2. The average Bonchev–Trinajstić information content (AvgIpc) is 2.73. The van der Waals surface area contributed by atoms with Crippen molar-refractivity contribution in [1.82, 2.24) is 9.78 Å². The van der Waals surface area contributed by atoms with Gasteiger partial charge in [-0.25, -0.2) is 0 Å². The molecule has 0 aliphatic heterocycles. The van der Waals surface area contributed by atoms with Crippen LogP contribution in [0.15, 0.2) is 18.2 Å². The lowest BCUT2D eigenvalue weighted by molar-refractivity contribution is 0.101. The van der Waals surface area contributed by atoms with Crippen molar-refractivity contribution < 1.29 is 9.53 Å². The Balaban J connectivity index is 2.26. The van der Waals surface area contributed by atoms with Gasteiger partial charge in [0.15, 0.2) is 0 Å². The molecule has 6 nitrogen and oxygen atoms in total. The first-order valence-corrected chi connectivity index (χ1v) is 6.75. The van der Waals surface area contributed by atoms with Crippen molar-refractivity contribution in [2.75, 3.05) is 18.2 Å². The number of amides is 1. The van der Waals surface area contributed by atoms with Crippen LogP contribution in [-0.4, -0.2) is 22.8 Å². The second kappa shape index (κ2) is 5.87. The maximum atomic E-state index is 12.4. The molecule has 0 saturated heterocycles. The second-order valence-corrected chi connectivity index (χ2v) is 4.82. The van der Waals surface area contributed by atoms with E-state index in [0.717, 1.165) is 17.0 Å². The highest BCUT2D eigenvalue weighted by atomic mass is 16.5. The summed E-state index contributed by atoms with van der Waals surface area (Å²) in [6.45, 7) is 3.87. The highest BCUT2D eigenvalue weighted by Gasteiger charge is 2.19. The van der Waals surface area contributed by atoms with Crippen LogP contribution < -0.4 is 15.8 Å². The third-order valence-electron chi connectivity index (χ3n) is 3.36. The molecule has 1 aromatic heterocycles. The number of ether oxygens (including phenoxy) is 1. The Morgan fingerprint density at radius 1 is 1.48 bits per heavy atom. The third-order valence-corrected chi connectivity index (χ3v) is 3.36. The standard InChI is InChI=1S/C15H20N4O2/c1-5-11-13(16)14(19(3)18-11)15(20)17-10-6-7-12(21-4)9(2)8-10/h6-8H,5,16H2,1-4H3,(H,17,20). The number of nitrogens with zero attached hydrogens (tertiary/aromatic N) is 2. The van der Waals surface area contributed by atoms with Gasteiger partial charge in [-0.1, -0.05) is 6.92 Å². The number of anilines is 2. The molecule has 2 rings (SSSR count). The van der Waals surface area contributed by atoms with Crippen molar-refractivity contribution in [2.45, 2.75) is 20.3 Å². The van der Waals surface area contributed by atoms with Crippen LogP contribution in [0.4, 0.5) is 11.4 Å². The Kier molecular flexibility index (Phi) is 4.16. The first-order valence-electron chi connectivity index (χ1n) is 6.75. The van der Waals surface area contributed by atoms with E-state index >= 15 is 0 Å². The monoisotopic (exact) mass is 288 g/mol. The molecule has 0 spiro atoms. The van der Waals surface area contributed by atoms with Gasteiger partial charge in [-0.3, -0.25) is 9.48 Å². The van der Waals surface area contributed by atoms with Gasteiger partial charge in [0.25, 0.3) is 5.91 Å². The van der Waals surface area contributed by atoms with Crippen molar-refractivity contribution in [2.24, 2.45) is 7.05 Å². The van der Waals surface area contributed by atoms with Gasteiger partial charge in [-0.2, -0.15) is 5.10 Å². The Labute approximate surface area is 123 Å². The fourth-order valence-electron chi connectivity index (χ4n) is 2.27. The zero-order chi connectivity index (χ0) is 15.6. The van der Waals surface area contributed by atoms with Gasteiger partial charge >= 0.3 is 0 Å². The number of methoxy groups -OCH3 is 1. The predicted octanol–water partition coefficient (Wildman–Crippen LogP) is 2.13.